The maximum atomic E-state index is 5.91. The van der Waals surface area contributed by atoms with Gasteiger partial charge in [0.25, 0.3) is 0 Å². The van der Waals surface area contributed by atoms with Gasteiger partial charge in [-0.15, -0.1) is 0 Å². The van der Waals surface area contributed by atoms with Crippen molar-refractivity contribution in [2.45, 2.75) is 32.5 Å². The first kappa shape index (κ1) is 14.8. The highest BCUT2D eigenvalue weighted by atomic mass is 16.7. The number of fused-ring (bicyclic) bond motifs is 1. The minimum atomic E-state index is -0.207. The summed E-state index contributed by atoms with van der Waals surface area (Å²) in [6.45, 7) is 2.14. The van der Waals surface area contributed by atoms with E-state index >= 15 is 0 Å². The highest BCUT2D eigenvalue weighted by molar-refractivity contribution is 5.56. The summed E-state index contributed by atoms with van der Waals surface area (Å²) < 4.78 is 17.1. The fraction of sp³-hybridized carbons (Fsp3) is 0.250. The Balaban J connectivity index is 1.36. The third kappa shape index (κ3) is 3.00. The van der Waals surface area contributed by atoms with Crippen LogP contribution in [0.3, 0.4) is 0 Å². The van der Waals surface area contributed by atoms with Gasteiger partial charge in [-0.1, -0.05) is 37.3 Å². The summed E-state index contributed by atoms with van der Waals surface area (Å²) in [5.41, 5.74) is 3.54. The van der Waals surface area contributed by atoms with Gasteiger partial charge in [0.1, 0.15) is 0 Å². The fourth-order valence-electron chi connectivity index (χ4n) is 2.87. The van der Waals surface area contributed by atoms with E-state index in [1.165, 1.54) is 17.5 Å². The van der Waals surface area contributed by atoms with Crippen LogP contribution in [0.2, 0.25) is 0 Å². The van der Waals surface area contributed by atoms with E-state index in [-0.39, 0.29) is 6.29 Å². The molecular formula is C20H19NO3. The Morgan fingerprint density at radius 1 is 0.958 bits per heavy atom. The molecule has 0 saturated carbocycles. The first-order chi connectivity index (χ1) is 11.8. The molecular weight excluding hydrogens is 302 g/mol. The van der Waals surface area contributed by atoms with Gasteiger partial charge in [0.2, 0.25) is 6.29 Å². The molecule has 1 aliphatic heterocycles. The van der Waals surface area contributed by atoms with Gasteiger partial charge in [0.15, 0.2) is 23.7 Å². The van der Waals surface area contributed by atoms with Crippen molar-refractivity contribution >= 4 is 0 Å². The number of aromatic nitrogens is 1. The summed E-state index contributed by atoms with van der Waals surface area (Å²) in [4.78, 5) is 3.94. The van der Waals surface area contributed by atoms with Crippen LogP contribution in [0.5, 0.6) is 11.5 Å². The van der Waals surface area contributed by atoms with Crippen molar-refractivity contribution in [2.24, 2.45) is 0 Å². The zero-order valence-electron chi connectivity index (χ0n) is 13.6. The second kappa shape index (κ2) is 6.40. The third-order valence-electron chi connectivity index (χ3n) is 4.27. The highest BCUT2D eigenvalue weighted by Crippen LogP contribution is 2.36. The largest absolute Gasteiger partial charge is 0.451 e. The topological polar surface area (TPSA) is 44.5 Å². The zero-order chi connectivity index (χ0) is 16.4. The molecule has 0 N–H and O–H groups in total. The highest BCUT2D eigenvalue weighted by Gasteiger charge is 2.23. The van der Waals surface area contributed by atoms with Gasteiger partial charge in [-0.05, 0) is 36.1 Å². The maximum absolute atomic E-state index is 5.91. The Labute approximate surface area is 141 Å². The molecule has 4 rings (SSSR count). The smallest absolute Gasteiger partial charge is 0.241 e. The van der Waals surface area contributed by atoms with E-state index in [2.05, 4.69) is 48.3 Å². The molecule has 122 valence electrons. The number of rotatable bonds is 5. The van der Waals surface area contributed by atoms with E-state index in [1.807, 2.05) is 6.07 Å². The molecule has 24 heavy (non-hydrogen) atoms. The maximum Gasteiger partial charge on any atom is 0.241 e. The minimum Gasteiger partial charge on any atom is -0.451 e. The van der Waals surface area contributed by atoms with Crippen LogP contribution in [0.15, 0.2) is 59.5 Å². The molecule has 0 radical (unpaired) electrons. The van der Waals surface area contributed by atoms with Crippen molar-refractivity contribution in [3.63, 3.8) is 0 Å². The molecule has 0 saturated heterocycles. The van der Waals surface area contributed by atoms with Crippen LogP contribution in [-0.4, -0.2) is 11.3 Å². The summed E-state index contributed by atoms with van der Waals surface area (Å²) in [5, 5.41) is 0. The van der Waals surface area contributed by atoms with E-state index in [0.29, 0.717) is 0 Å². The van der Waals surface area contributed by atoms with Crippen LogP contribution in [0.1, 0.15) is 24.5 Å². The molecule has 4 nitrogen and oxygen atoms in total. The molecule has 0 aliphatic carbocycles. The summed E-state index contributed by atoms with van der Waals surface area (Å²) in [6, 6.07) is 14.5. The average Bonchev–Trinajstić information content (AvgIpc) is 3.29. The van der Waals surface area contributed by atoms with Crippen molar-refractivity contribution in [2.75, 3.05) is 0 Å². The summed E-state index contributed by atoms with van der Waals surface area (Å²) in [7, 11) is 0. The van der Waals surface area contributed by atoms with Gasteiger partial charge in [-0.3, -0.25) is 0 Å². The van der Waals surface area contributed by atoms with E-state index in [1.54, 1.807) is 6.20 Å². The van der Waals surface area contributed by atoms with Crippen LogP contribution in [0.4, 0.5) is 0 Å². The molecule has 0 spiro atoms. The van der Waals surface area contributed by atoms with Gasteiger partial charge in [0.05, 0.1) is 6.20 Å². The van der Waals surface area contributed by atoms with Crippen molar-refractivity contribution in [1.29, 1.82) is 0 Å². The van der Waals surface area contributed by atoms with Gasteiger partial charge in [-0.25, -0.2) is 4.98 Å². The molecule has 3 aromatic rings. The van der Waals surface area contributed by atoms with E-state index in [9.17, 15) is 0 Å². The lowest BCUT2D eigenvalue weighted by atomic mass is 10.1. The van der Waals surface area contributed by atoms with Gasteiger partial charge in [0, 0.05) is 12.0 Å². The normalized spacial score (nSPS) is 15.6. The molecule has 2 heterocycles. The quantitative estimate of drug-likeness (QED) is 0.687. The molecule has 0 bridgehead atoms. The van der Waals surface area contributed by atoms with Gasteiger partial charge >= 0.3 is 0 Å². The second-order valence-electron chi connectivity index (χ2n) is 5.90. The monoisotopic (exact) mass is 321 g/mol. The number of hydrogen-bond acceptors (Lipinski definition) is 4. The second-order valence-corrected chi connectivity index (χ2v) is 5.90. The first-order valence-corrected chi connectivity index (χ1v) is 8.26. The van der Waals surface area contributed by atoms with Crippen LogP contribution < -0.4 is 9.47 Å². The Bertz CT molecular complexity index is 809. The molecule has 0 fully saturated rings. The predicted molar refractivity (Wildman–Crippen MR) is 91.1 cm³/mol. The van der Waals surface area contributed by atoms with Crippen LogP contribution in [-0.2, 0) is 12.8 Å². The Hall–Kier alpha value is -2.75. The Morgan fingerprint density at radius 2 is 1.75 bits per heavy atom. The molecule has 4 heteroatoms. The Kier molecular flexibility index (Phi) is 3.95. The molecule has 1 atom stereocenters. The van der Waals surface area contributed by atoms with Crippen LogP contribution in [0, 0.1) is 0 Å². The van der Waals surface area contributed by atoms with Gasteiger partial charge < -0.3 is 13.9 Å². The fourth-order valence-corrected chi connectivity index (χ4v) is 2.87. The van der Waals surface area contributed by atoms with Crippen LogP contribution >= 0.6 is 0 Å². The van der Waals surface area contributed by atoms with E-state index in [0.717, 1.165) is 42.1 Å². The average molecular weight is 321 g/mol. The lowest BCUT2D eigenvalue weighted by molar-refractivity contribution is 0.0422. The molecule has 1 aliphatic rings. The lowest BCUT2D eigenvalue weighted by Gasteiger charge is -2.10. The number of nitrogens with zero attached hydrogens (tertiary/aromatic N) is 1. The summed E-state index contributed by atoms with van der Waals surface area (Å²) in [5.74, 6) is 2.49. The van der Waals surface area contributed by atoms with Crippen molar-refractivity contribution in [3.8, 4) is 22.8 Å². The van der Waals surface area contributed by atoms with Gasteiger partial charge in [-0.2, -0.15) is 0 Å². The number of aryl methyl sites for hydroxylation is 2. The summed E-state index contributed by atoms with van der Waals surface area (Å²) >= 11 is 0. The van der Waals surface area contributed by atoms with E-state index in [4.69, 9.17) is 13.9 Å². The van der Waals surface area contributed by atoms with E-state index < -0.39 is 0 Å². The first-order valence-electron chi connectivity index (χ1n) is 8.26. The number of ether oxygens (including phenoxy) is 2. The standard InChI is InChI=1S/C20H19NO3/c1-2-14-5-9-17-18(11-14)24-20(23-17)10-6-15-3-7-16(8-4-15)19-12-21-13-22-19/h3-5,7-9,11-13,20H,2,6,10H2,1H3. The number of hydrogen-bond donors (Lipinski definition) is 0. The summed E-state index contributed by atoms with van der Waals surface area (Å²) in [6.07, 6.45) is 5.67. The lowest BCUT2D eigenvalue weighted by Crippen LogP contribution is -2.18. The Morgan fingerprint density at radius 3 is 2.50 bits per heavy atom. The third-order valence-corrected chi connectivity index (χ3v) is 4.27. The van der Waals surface area contributed by atoms with Crippen LogP contribution in [0.25, 0.3) is 11.3 Å². The van der Waals surface area contributed by atoms with Crippen molar-refractivity contribution < 1.29 is 13.9 Å². The zero-order valence-corrected chi connectivity index (χ0v) is 13.6. The van der Waals surface area contributed by atoms with Crippen molar-refractivity contribution in [1.82, 2.24) is 4.98 Å². The molecule has 2 aromatic carbocycles. The molecule has 0 amide bonds. The molecule has 1 unspecified atom stereocenters. The number of oxazole rings is 1. The minimum absolute atomic E-state index is 0.207. The SMILES string of the molecule is CCc1ccc2c(c1)OC(CCc1ccc(-c3cnco3)cc1)O2. The van der Waals surface area contributed by atoms with Crippen molar-refractivity contribution in [3.05, 3.63) is 66.2 Å². The number of benzene rings is 2. The predicted octanol–water partition coefficient (Wildman–Crippen LogP) is 4.63. The molecule has 1 aromatic heterocycles.